The quantitative estimate of drug-likeness (QED) is 0.592. The Bertz CT molecular complexity index is 880. The van der Waals surface area contributed by atoms with Gasteiger partial charge in [-0.2, -0.15) is 0 Å². The van der Waals surface area contributed by atoms with Crippen LogP contribution in [-0.4, -0.2) is 40.2 Å². The van der Waals surface area contributed by atoms with Crippen LogP contribution in [0.2, 0.25) is 0 Å². The molecule has 152 valence electrons. The topological polar surface area (TPSA) is 93.7 Å². The Morgan fingerprint density at radius 1 is 1.07 bits per heavy atom. The Labute approximate surface area is 166 Å². The van der Waals surface area contributed by atoms with E-state index in [0.717, 1.165) is 0 Å². The Morgan fingerprint density at radius 3 is 2.43 bits per heavy atom. The van der Waals surface area contributed by atoms with Gasteiger partial charge in [0.15, 0.2) is 0 Å². The molecule has 0 spiro atoms. The summed E-state index contributed by atoms with van der Waals surface area (Å²) in [6.45, 7) is 6.92. The maximum atomic E-state index is 12.4. The zero-order valence-corrected chi connectivity index (χ0v) is 17.1. The molecular weight excluding hydrogens is 380 g/mol. The Balaban J connectivity index is 2.01. The summed E-state index contributed by atoms with van der Waals surface area (Å²) in [5.41, 5.74) is 0.934. The van der Waals surface area contributed by atoms with Crippen molar-refractivity contribution in [2.24, 2.45) is 0 Å². The molecule has 1 amide bonds. The molecule has 2 rings (SSSR count). The molecule has 2 aromatic carbocycles. The van der Waals surface area contributed by atoms with Crippen molar-refractivity contribution in [2.45, 2.75) is 31.7 Å². The number of rotatable bonds is 10. The molecule has 0 unspecified atom stereocenters. The molecule has 0 radical (unpaired) electrons. The molecule has 0 saturated carbocycles. The first-order chi connectivity index (χ1) is 13.3. The second-order valence-corrected chi connectivity index (χ2v) is 8.04. The zero-order chi connectivity index (χ0) is 20.6. The van der Waals surface area contributed by atoms with E-state index in [1.54, 1.807) is 50.2 Å². The van der Waals surface area contributed by atoms with Gasteiger partial charge in [-0.05, 0) is 63.2 Å². The Hall–Kier alpha value is -2.42. The number of ether oxygens (including phenoxy) is 2. The minimum atomic E-state index is -3.57. The van der Waals surface area contributed by atoms with Gasteiger partial charge in [0.05, 0.1) is 11.5 Å². The molecule has 0 aliphatic rings. The van der Waals surface area contributed by atoms with Crippen LogP contribution in [0.25, 0.3) is 0 Å². The highest BCUT2D eigenvalue weighted by Gasteiger charge is 2.15. The first-order valence-electron chi connectivity index (χ1n) is 9.06. The summed E-state index contributed by atoms with van der Waals surface area (Å²) in [5, 5.41) is 2.75. The lowest BCUT2D eigenvalue weighted by Crippen LogP contribution is -2.30. The van der Waals surface area contributed by atoms with Crippen LogP contribution in [0.5, 0.6) is 5.75 Å². The van der Waals surface area contributed by atoms with E-state index in [1.807, 2.05) is 6.92 Å². The average Bonchev–Trinajstić information content (AvgIpc) is 2.65. The van der Waals surface area contributed by atoms with E-state index in [0.29, 0.717) is 36.8 Å². The molecule has 0 aliphatic carbocycles. The van der Waals surface area contributed by atoms with Crippen LogP contribution in [0, 0.1) is 0 Å². The van der Waals surface area contributed by atoms with Gasteiger partial charge in [0.2, 0.25) is 10.0 Å². The maximum Gasteiger partial charge on any atom is 0.255 e. The third kappa shape index (κ3) is 6.63. The fourth-order valence-electron chi connectivity index (χ4n) is 2.39. The standard InChI is InChI=1S/C20H26N2O5S/c1-4-26-12-13-27-18-7-5-6-16(14-18)20(23)21-17-8-10-19(11-9-17)28(24,25)22-15(2)3/h5-11,14-15,22H,4,12-13H2,1-3H3,(H,21,23). The van der Waals surface area contributed by atoms with Crippen LogP contribution in [0.15, 0.2) is 53.4 Å². The summed E-state index contributed by atoms with van der Waals surface area (Å²) < 4.78 is 37.6. The number of benzene rings is 2. The molecule has 8 heteroatoms. The van der Waals surface area contributed by atoms with Crippen LogP contribution in [0.3, 0.4) is 0 Å². The van der Waals surface area contributed by atoms with Gasteiger partial charge in [0, 0.05) is 23.9 Å². The minimum absolute atomic E-state index is 0.142. The van der Waals surface area contributed by atoms with Crippen LogP contribution >= 0.6 is 0 Å². The van der Waals surface area contributed by atoms with Crippen molar-refractivity contribution in [3.8, 4) is 5.75 Å². The number of anilines is 1. The highest BCUT2D eigenvalue weighted by Crippen LogP contribution is 2.17. The highest BCUT2D eigenvalue weighted by molar-refractivity contribution is 7.89. The molecule has 0 fully saturated rings. The molecule has 2 N–H and O–H groups in total. The number of nitrogens with one attached hydrogen (secondary N) is 2. The third-order valence-corrected chi connectivity index (χ3v) is 5.28. The summed E-state index contributed by atoms with van der Waals surface area (Å²) in [6, 6.07) is 12.6. The van der Waals surface area contributed by atoms with Crippen LogP contribution in [0.4, 0.5) is 5.69 Å². The molecular formula is C20H26N2O5S. The summed E-state index contributed by atoms with van der Waals surface area (Å²) in [7, 11) is -3.57. The van der Waals surface area contributed by atoms with Crippen LogP contribution < -0.4 is 14.8 Å². The van der Waals surface area contributed by atoms with E-state index in [-0.39, 0.29) is 16.8 Å². The normalized spacial score (nSPS) is 11.4. The van der Waals surface area contributed by atoms with Crippen molar-refractivity contribution in [2.75, 3.05) is 25.1 Å². The zero-order valence-electron chi connectivity index (χ0n) is 16.3. The van der Waals surface area contributed by atoms with E-state index in [1.165, 1.54) is 12.1 Å². The highest BCUT2D eigenvalue weighted by atomic mass is 32.2. The molecule has 28 heavy (non-hydrogen) atoms. The van der Waals surface area contributed by atoms with Gasteiger partial charge in [-0.15, -0.1) is 0 Å². The van der Waals surface area contributed by atoms with Gasteiger partial charge >= 0.3 is 0 Å². The van der Waals surface area contributed by atoms with Crippen molar-refractivity contribution >= 4 is 21.6 Å². The van der Waals surface area contributed by atoms with Crippen molar-refractivity contribution in [3.05, 3.63) is 54.1 Å². The molecule has 0 aliphatic heterocycles. The number of sulfonamides is 1. The third-order valence-electron chi connectivity index (χ3n) is 3.61. The van der Waals surface area contributed by atoms with E-state index in [4.69, 9.17) is 9.47 Å². The fraction of sp³-hybridized carbons (Fsp3) is 0.350. The lowest BCUT2D eigenvalue weighted by molar-refractivity contribution is 0.102. The molecule has 0 aromatic heterocycles. The predicted octanol–water partition coefficient (Wildman–Crippen LogP) is 3.04. The predicted molar refractivity (Wildman–Crippen MR) is 108 cm³/mol. The average molecular weight is 407 g/mol. The Kier molecular flexibility index (Phi) is 7.98. The number of carbonyl (C=O) groups excluding carboxylic acids is 1. The molecule has 0 atom stereocenters. The number of hydrogen-bond donors (Lipinski definition) is 2. The van der Waals surface area contributed by atoms with Crippen LogP contribution in [-0.2, 0) is 14.8 Å². The number of carbonyl (C=O) groups is 1. The fourth-order valence-corrected chi connectivity index (χ4v) is 3.64. The van der Waals surface area contributed by atoms with Gasteiger partial charge in [0.25, 0.3) is 5.91 Å². The van der Waals surface area contributed by atoms with Gasteiger partial charge in [-0.3, -0.25) is 4.79 Å². The minimum Gasteiger partial charge on any atom is -0.491 e. The molecule has 2 aromatic rings. The summed E-state index contributed by atoms with van der Waals surface area (Å²) in [5.74, 6) is 0.264. The SMILES string of the molecule is CCOCCOc1cccc(C(=O)Nc2ccc(S(=O)(=O)NC(C)C)cc2)c1. The maximum absolute atomic E-state index is 12.4. The molecule has 0 bridgehead atoms. The lowest BCUT2D eigenvalue weighted by Gasteiger charge is -2.11. The van der Waals surface area contributed by atoms with Gasteiger partial charge in [-0.25, -0.2) is 13.1 Å². The van der Waals surface area contributed by atoms with Crippen molar-refractivity contribution in [1.29, 1.82) is 0 Å². The van der Waals surface area contributed by atoms with Crippen molar-refractivity contribution < 1.29 is 22.7 Å². The second kappa shape index (κ2) is 10.2. The summed E-state index contributed by atoms with van der Waals surface area (Å²) >= 11 is 0. The lowest BCUT2D eigenvalue weighted by atomic mass is 10.2. The molecule has 0 saturated heterocycles. The second-order valence-electron chi connectivity index (χ2n) is 6.33. The van der Waals surface area contributed by atoms with Gasteiger partial charge in [-0.1, -0.05) is 6.07 Å². The first-order valence-corrected chi connectivity index (χ1v) is 10.5. The monoisotopic (exact) mass is 406 g/mol. The molecule has 0 heterocycles. The van der Waals surface area contributed by atoms with Gasteiger partial charge < -0.3 is 14.8 Å². The first kappa shape index (κ1) is 21.9. The number of amides is 1. The smallest absolute Gasteiger partial charge is 0.255 e. The summed E-state index contributed by atoms with van der Waals surface area (Å²) in [4.78, 5) is 12.6. The van der Waals surface area contributed by atoms with Gasteiger partial charge in [0.1, 0.15) is 12.4 Å². The largest absolute Gasteiger partial charge is 0.491 e. The Morgan fingerprint density at radius 2 is 1.79 bits per heavy atom. The van der Waals surface area contributed by atoms with Crippen LogP contribution in [0.1, 0.15) is 31.1 Å². The number of hydrogen-bond acceptors (Lipinski definition) is 5. The molecule has 7 nitrogen and oxygen atoms in total. The van der Waals surface area contributed by atoms with E-state index in [9.17, 15) is 13.2 Å². The van der Waals surface area contributed by atoms with E-state index >= 15 is 0 Å². The van der Waals surface area contributed by atoms with E-state index < -0.39 is 10.0 Å². The summed E-state index contributed by atoms with van der Waals surface area (Å²) in [6.07, 6.45) is 0. The van der Waals surface area contributed by atoms with E-state index in [2.05, 4.69) is 10.0 Å². The van der Waals surface area contributed by atoms with Crippen molar-refractivity contribution in [3.63, 3.8) is 0 Å². The van der Waals surface area contributed by atoms with Crippen molar-refractivity contribution in [1.82, 2.24) is 4.72 Å².